The minimum Gasteiger partial charge on any atom is -0.420 e. The summed E-state index contributed by atoms with van der Waals surface area (Å²) >= 11 is 9.00. The van der Waals surface area contributed by atoms with E-state index in [9.17, 15) is 0 Å². The molecule has 3 nitrogen and oxygen atoms in total. The monoisotopic (exact) mass is 272 g/mol. The summed E-state index contributed by atoms with van der Waals surface area (Å²) in [5, 5.41) is 8.99. The van der Waals surface area contributed by atoms with Gasteiger partial charge in [-0.25, -0.2) is 0 Å². The van der Waals surface area contributed by atoms with E-state index in [2.05, 4.69) is 26.1 Å². The molecule has 2 aromatic rings. The maximum absolute atomic E-state index is 5.76. The van der Waals surface area contributed by atoms with Crippen LogP contribution in [0.2, 0.25) is 5.02 Å². The average molecular weight is 274 g/mol. The molecule has 0 bridgehead atoms. The highest BCUT2D eigenvalue weighted by Crippen LogP contribution is 2.20. The van der Waals surface area contributed by atoms with Crippen molar-refractivity contribution in [3.8, 4) is 11.5 Å². The molecule has 5 heteroatoms. The predicted octanol–water partition coefficient (Wildman–Crippen LogP) is 3.28. The summed E-state index contributed by atoms with van der Waals surface area (Å²) in [6, 6.07) is 7.26. The van der Waals surface area contributed by atoms with Crippen molar-refractivity contribution in [3.05, 3.63) is 35.2 Å². The number of hydrogen-bond donors (Lipinski definition) is 0. The van der Waals surface area contributed by atoms with Crippen LogP contribution in [0, 0.1) is 0 Å². The Bertz CT molecular complexity index is 427. The smallest absolute Gasteiger partial charge is 0.247 e. The van der Waals surface area contributed by atoms with E-state index in [1.54, 1.807) is 12.1 Å². The molecule has 0 unspecified atom stereocenters. The minimum atomic E-state index is 0.510. The highest BCUT2D eigenvalue weighted by atomic mass is 79.9. The Balaban J connectivity index is 2.34. The van der Waals surface area contributed by atoms with Crippen molar-refractivity contribution in [2.45, 2.75) is 5.33 Å². The Labute approximate surface area is 94.2 Å². The fourth-order valence-corrected chi connectivity index (χ4v) is 1.37. The molecular weight excluding hydrogens is 267 g/mol. The molecule has 2 rings (SSSR count). The third-order valence-electron chi connectivity index (χ3n) is 1.67. The molecule has 0 aliphatic carbocycles. The first-order valence-electron chi connectivity index (χ1n) is 3.94. The standard InChI is InChI=1S/C9H6BrClN2O/c10-5-8-12-13-9(14-8)6-1-3-7(11)4-2-6/h1-4H,5H2. The van der Waals surface area contributed by atoms with E-state index < -0.39 is 0 Å². The largest absolute Gasteiger partial charge is 0.420 e. The molecule has 0 saturated heterocycles. The van der Waals surface area contributed by atoms with Gasteiger partial charge < -0.3 is 4.42 Å². The van der Waals surface area contributed by atoms with Crippen LogP contribution < -0.4 is 0 Å². The van der Waals surface area contributed by atoms with Crippen LogP contribution >= 0.6 is 27.5 Å². The molecule has 0 saturated carbocycles. The third-order valence-corrected chi connectivity index (χ3v) is 2.40. The second kappa shape index (κ2) is 4.11. The van der Waals surface area contributed by atoms with Gasteiger partial charge in [-0.15, -0.1) is 10.2 Å². The van der Waals surface area contributed by atoms with Gasteiger partial charge in [0.25, 0.3) is 0 Å². The summed E-state index contributed by atoms with van der Waals surface area (Å²) in [5.41, 5.74) is 0.870. The molecule has 0 radical (unpaired) electrons. The Morgan fingerprint density at radius 3 is 2.50 bits per heavy atom. The van der Waals surface area contributed by atoms with E-state index in [4.69, 9.17) is 16.0 Å². The van der Waals surface area contributed by atoms with Gasteiger partial charge in [-0.2, -0.15) is 0 Å². The van der Waals surface area contributed by atoms with Crippen molar-refractivity contribution in [2.75, 3.05) is 0 Å². The summed E-state index contributed by atoms with van der Waals surface area (Å²) in [6.07, 6.45) is 0. The topological polar surface area (TPSA) is 38.9 Å². The van der Waals surface area contributed by atoms with Gasteiger partial charge in [0.2, 0.25) is 11.8 Å². The van der Waals surface area contributed by atoms with Crippen molar-refractivity contribution in [3.63, 3.8) is 0 Å². The number of hydrogen-bond acceptors (Lipinski definition) is 3. The molecule has 1 aromatic heterocycles. The zero-order valence-corrected chi connectivity index (χ0v) is 9.42. The fraction of sp³-hybridized carbons (Fsp3) is 0.111. The molecule has 0 amide bonds. The van der Waals surface area contributed by atoms with Crippen molar-refractivity contribution in [2.24, 2.45) is 0 Å². The highest BCUT2D eigenvalue weighted by Gasteiger charge is 2.06. The Kier molecular flexibility index (Phi) is 2.84. The van der Waals surface area contributed by atoms with Crippen LogP contribution in [0.1, 0.15) is 5.89 Å². The van der Waals surface area contributed by atoms with Gasteiger partial charge in [-0.05, 0) is 24.3 Å². The Morgan fingerprint density at radius 1 is 1.21 bits per heavy atom. The zero-order chi connectivity index (χ0) is 9.97. The molecule has 0 aliphatic heterocycles. The SMILES string of the molecule is Clc1ccc(-c2nnc(CBr)o2)cc1. The molecule has 1 heterocycles. The first kappa shape index (κ1) is 9.68. The second-order valence-electron chi connectivity index (χ2n) is 2.64. The van der Waals surface area contributed by atoms with Gasteiger partial charge >= 0.3 is 0 Å². The molecule has 1 aromatic carbocycles. The van der Waals surface area contributed by atoms with Crippen molar-refractivity contribution >= 4 is 27.5 Å². The van der Waals surface area contributed by atoms with Gasteiger partial charge in [0.1, 0.15) is 0 Å². The van der Waals surface area contributed by atoms with Crippen molar-refractivity contribution in [1.82, 2.24) is 10.2 Å². The molecule has 0 spiro atoms. The van der Waals surface area contributed by atoms with E-state index in [1.165, 1.54) is 0 Å². The summed E-state index contributed by atoms with van der Waals surface area (Å²) in [7, 11) is 0. The molecule has 0 fully saturated rings. The molecule has 0 atom stereocenters. The fourth-order valence-electron chi connectivity index (χ4n) is 1.02. The number of alkyl halides is 1. The zero-order valence-electron chi connectivity index (χ0n) is 7.08. The lowest BCUT2D eigenvalue weighted by Gasteiger charge is -1.93. The normalized spacial score (nSPS) is 10.4. The van der Waals surface area contributed by atoms with Crippen LogP contribution in [-0.4, -0.2) is 10.2 Å². The van der Waals surface area contributed by atoms with E-state index in [1.807, 2.05) is 12.1 Å². The van der Waals surface area contributed by atoms with E-state index in [-0.39, 0.29) is 0 Å². The van der Waals surface area contributed by atoms with Crippen molar-refractivity contribution < 1.29 is 4.42 Å². The summed E-state index contributed by atoms with van der Waals surface area (Å²) in [5.74, 6) is 1.08. The van der Waals surface area contributed by atoms with Crippen LogP contribution in [0.5, 0.6) is 0 Å². The summed E-state index contributed by atoms with van der Waals surface area (Å²) in [4.78, 5) is 0. The highest BCUT2D eigenvalue weighted by molar-refractivity contribution is 9.08. The van der Waals surface area contributed by atoms with Crippen molar-refractivity contribution in [1.29, 1.82) is 0 Å². The predicted molar refractivity (Wildman–Crippen MR) is 57.4 cm³/mol. The Morgan fingerprint density at radius 2 is 1.93 bits per heavy atom. The van der Waals surface area contributed by atoms with Crippen LogP contribution in [-0.2, 0) is 5.33 Å². The summed E-state index contributed by atoms with van der Waals surface area (Å²) < 4.78 is 5.35. The van der Waals surface area contributed by atoms with Crippen LogP contribution in [0.25, 0.3) is 11.5 Å². The van der Waals surface area contributed by atoms with Gasteiger partial charge in [-0.1, -0.05) is 27.5 Å². The molecular formula is C9H6BrClN2O. The number of rotatable bonds is 2. The van der Waals surface area contributed by atoms with E-state index in [0.29, 0.717) is 22.1 Å². The van der Waals surface area contributed by atoms with Crippen LogP contribution in [0.4, 0.5) is 0 Å². The number of benzene rings is 1. The lowest BCUT2D eigenvalue weighted by molar-refractivity contribution is 0.530. The van der Waals surface area contributed by atoms with Gasteiger partial charge in [0.05, 0.1) is 5.33 Å². The molecule has 0 N–H and O–H groups in total. The Hall–Kier alpha value is -0.870. The lowest BCUT2D eigenvalue weighted by atomic mass is 10.2. The first-order chi connectivity index (χ1) is 6.79. The maximum atomic E-state index is 5.76. The minimum absolute atomic E-state index is 0.510. The molecule has 14 heavy (non-hydrogen) atoms. The van der Waals surface area contributed by atoms with Gasteiger partial charge in [-0.3, -0.25) is 0 Å². The van der Waals surface area contributed by atoms with Gasteiger partial charge in [0, 0.05) is 10.6 Å². The lowest BCUT2D eigenvalue weighted by Crippen LogP contribution is -1.76. The van der Waals surface area contributed by atoms with Crippen LogP contribution in [0.3, 0.4) is 0 Å². The first-order valence-corrected chi connectivity index (χ1v) is 5.44. The number of halogens is 2. The third kappa shape index (κ3) is 1.96. The quantitative estimate of drug-likeness (QED) is 0.788. The molecule has 72 valence electrons. The maximum Gasteiger partial charge on any atom is 0.247 e. The number of aromatic nitrogens is 2. The van der Waals surface area contributed by atoms with E-state index >= 15 is 0 Å². The van der Waals surface area contributed by atoms with Crippen LogP contribution in [0.15, 0.2) is 28.7 Å². The number of nitrogens with zero attached hydrogens (tertiary/aromatic N) is 2. The summed E-state index contributed by atoms with van der Waals surface area (Å²) in [6.45, 7) is 0. The average Bonchev–Trinajstić information content (AvgIpc) is 2.67. The van der Waals surface area contributed by atoms with Gasteiger partial charge in [0.15, 0.2) is 0 Å². The second-order valence-corrected chi connectivity index (χ2v) is 3.64. The molecule has 0 aliphatic rings. The van der Waals surface area contributed by atoms with E-state index in [0.717, 1.165) is 5.56 Å².